The lowest BCUT2D eigenvalue weighted by Gasteiger charge is -2.46. The van der Waals surface area contributed by atoms with E-state index in [1.54, 1.807) is 6.08 Å². The van der Waals surface area contributed by atoms with Gasteiger partial charge in [-0.25, -0.2) is 0 Å². The summed E-state index contributed by atoms with van der Waals surface area (Å²) in [6.07, 6.45) is 63.4. The van der Waals surface area contributed by atoms with E-state index in [0.29, 0.717) is 12.8 Å². The molecule has 0 aromatic rings. The van der Waals surface area contributed by atoms with Crippen LogP contribution in [-0.4, -0.2) is 140 Å². The second-order valence-electron chi connectivity index (χ2n) is 26.8. The Morgan fingerprint density at radius 2 is 0.711 bits per heavy atom. The number of hydrogen-bond acceptors (Lipinski definition) is 13. The predicted octanol–water partition coefficient (Wildman–Crippen LogP) is 16.2. The zero-order valence-corrected chi connectivity index (χ0v) is 57.6. The first-order chi connectivity index (χ1) is 44.1. The topological polar surface area (TPSA) is 228 Å². The molecule has 12 atom stereocenters. The van der Waals surface area contributed by atoms with Crippen molar-refractivity contribution < 1.29 is 64.6 Å². The maximum absolute atomic E-state index is 13.3. The molecule has 14 heteroatoms. The highest BCUT2D eigenvalue weighted by atomic mass is 16.7. The first kappa shape index (κ1) is 84.0. The van der Waals surface area contributed by atoms with Crippen LogP contribution in [0.3, 0.4) is 0 Å². The Kier molecular flexibility index (Phi) is 56.6. The lowest BCUT2D eigenvalue weighted by atomic mass is 9.97. The predicted molar refractivity (Wildman–Crippen MR) is 369 cm³/mol. The first-order valence-electron chi connectivity index (χ1n) is 37.9. The van der Waals surface area contributed by atoms with E-state index in [0.717, 1.165) is 44.9 Å². The van der Waals surface area contributed by atoms with Gasteiger partial charge in [-0.2, -0.15) is 0 Å². The van der Waals surface area contributed by atoms with Crippen molar-refractivity contribution in [3.05, 3.63) is 48.6 Å². The summed E-state index contributed by atoms with van der Waals surface area (Å²) in [4.78, 5) is 13.3. The number of amides is 1. The van der Waals surface area contributed by atoms with Crippen molar-refractivity contribution in [2.75, 3.05) is 19.8 Å². The summed E-state index contributed by atoms with van der Waals surface area (Å²) in [6, 6.07) is -0.938. The fourth-order valence-electron chi connectivity index (χ4n) is 12.4. The van der Waals surface area contributed by atoms with E-state index in [9.17, 15) is 45.6 Å². The third-order valence-corrected chi connectivity index (χ3v) is 18.5. The van der Waals surface area contributed by atoms with Gasteiger partial charge >= 0.3 is 0 Å². The van der Waals surface area contributed by atoms with Gasteiger partial charge in [-0.3, -0.25) is 4.79 Å². The van der Waals surface area contributed by atoms with Crippen LogP contribution in [0.25, 0.3) is 0 Å². The summed E-state index contributed by atoms with van der Waals surface area (Å²) in [7, 11) is 0. The van der Waals surface area contributed by atoms with Gasteiger partial charge in [0.1, 0.15) is 48.8 Å². The Morgan fingerprint density at radius 1 is 0.389 bits per heavy atom. The zero-order valence-electron chi connectivity index (χ0n) is 57.6. The summed E-state index contributed by atoms with van der Waals surface area (Å²) in [6.45, 7) is 2.82. The number of aliphatic hydroxyl groups is 8. The highest BCUT2D eigenvalue weighted by Crippen LogP contribution is 2.30. The van der Waals surface area contributed by atoms with Crippen LogP contribution in [0.1, 0.15) is 335 Å². The molecule has 2 fully saturated rings. The fourth-order valence-corrected chi connectivity index (χ4v) is 12.4. The molecule has 14 nitrogen and oxygen atoms in total. The zero-order chi connectivity index (χ0) is 65.2. The molecular weight excluding hydrogens is 1130 g/mol. The van der Waals surface area contributed by atoms with Gasteiger partial charge in [-0.15, -0.1) is 0 Å². The summed E-state index contributed by atoms with van der Waals surface area (Å²) in [5.74, 6) is -0.247. The molecule has 0 saturated carbocycles. The summed E-state index contributed by atoms with van der Waals surface area (Å²) in [5, 5.41) is 87.5. The third-order valence-electron chi connectivity index (χ3n) is 18.5. The molecule has 12 unspecified atom stereocenters. The standard InChI is InChI=1S/C76H141NO13/c1-3-5-7-9-11-13-15-17-19-21-23-25-26-27-28-29-30-31-32-33-34-35-36-37-38-40-42-44-46-48-50-52-54-56-58-60-68(81)77-64(65(80)59-57-55-53-51-49-47-45-43-41-39-24-22-20-18-16-14-12-10-8-6-4-2)63-87-75-73(86)71(84)74(67(62-79)89-75)90-76-72(85)70(83)69(82)66(61-78)88-76/h21,23,41,43,49,51,57,59,64-67,69-76,78-80,82-86H,3-20,22,24-40,42,44-48,50,52-56,58,60-63H2,1-2H3,(H,77,81)/b23-21-,43-41+,51-49+,59-57+. The van der Waals surface area contributed by atoms with E-state index in [-0.39, 0.29) is 18.9 Å². The smallest absolute Gasteiger partial charge is 0.220 e. The Morgan fingerprint density at radius 3 is 1.09 bits per heavy atom. The Bertz CT molecular complexity index is 1690. The minimum absolute atomic E-state index is 0.247. The number of ether oxygens (including phenoxy) is 4. The van der Waals surface area contributed by atoms with Gasteiger partial charge in [0.15, 0.2) is 12.6 Å². The molecule has 0 spiro atoms. The Hall–Kier alpha value is -2.05. The SMILES string of the molecule is CCCCCCCCCC/C=C\CCCCCCCCCCCCCCCCCCCCCCCCCC(=O)NC(COC1OC(CO)C(OC2OC(CO)C(O)C(O)C2O)C(O)C1O)C(O)/C=C/CC/C=C/CC/C=C/CCCCCCCCCCCCC. The van der Waals surface area contributed by atoms with Crippen LogP contribution in [0.2, 0.25) is 0 Å². The van der Waals surface area contributed by atoms with Gasteiger partial charge in [0, 0.05) is 6.42 Å². The van der Waals surface area contributed by atoms with E-state index in [1.165, 1.54) is 257 Å². The number of aliphatic hydroxyl groups excluding tert-OH is 8. The molecule has 528 valence electrons. The molecule has 1 amide bonds. The molecule has 2 heterocycles. The maximum atomic E-state index is 13.3. The summed E-state index contributed by atoms with van der Waals surface area (Å²) >= 11 is 0. The largest absolute Gasteiger partial charge is 0.394 e. The van der Waals surface area contributed by atoms with Gasteiger partial charge in [-0.05, 0) is 70.6 Å². The fraction of sp³-hybridized carbons (Fsp3) is 0.882. The van der Waals surface area contributed by atoms with Gasteiger partial charge in [-0.1, -0.05) is 306 Å². The third kappa shape index (κ3) is 43.8. The molecule has 90 heavy (non-hydrogen) atoms. The average molecular weight is 1280 g/mol. The number of rotatable bonds is 63. The highest BCUT2D eigenvalue weighted by Gasteiger charge is 2.51. The van der Waals surface area contributed by atoms with Gasteiger partial charge < -0.3 is 65.1 Å². The average Bonchev–Trinajstić information content (AvgIpc) is 1.28. The first-order valence-corrected chi connectivity index (χ1v) is 37.9. The quantitative estimate of drug-likeness (QED) is 0.0204. The normalized spacial score (nSPS) is 23.1. The van der Waals surface area contributed by atoms with Crippen molar-refractivity contribution in [1.82, 2.24) is 5.32 Å². The second-order valence-corrected chi connectivity index (χ2v) is 26.8. The molecule has 0 aromatic carbocycles. The number of nitrogens with one attached hydrogen (secondary N) is 1. The summed E-state index contributed by atoms with van der Waals surface area (Å²) in [5.41, 5.74) is 0. The van der Waals surface area contributed by atoms with Crippen molar-refractivity contribution in [3.8, 4) is 0 Å². The van der Waals surface area contributed by atoms with Crippen LogP contribution in [0.15, 0.2) is 48.6 Å². The van der Waals surface area contributed by atoms with E-state index in [2.05, 4.69) is 55.6 Å². The Labute approximate surface area is 550 Å². The number of carbonyl (C=O) groups excluding carboxylic acids is 1. The van der Waals surface area contributed by atoms with Crippen molar-refractivity contribution in [2.45, 2.75) is 408 Å². The molecule has 0 aromatic heterocycles. The van der Waals surface area contributed by atoms with Crippen molar-refractivity contribution in [2.24, 2.45) is 0 Å². The van der Waals surface area contributed by atoms with Crippen molar-refractivity contribution in [1.29, 1.82) is 0 Å². The van der Waals surface area contributed by atoms with Crippen LogP contribution in [-0.2, 0) is 23.7 Å². The molecule has 9 N–H and O–H groups in total. The number of allylic oxidation sites excluding steroid dienone is 7. The molecule has 0 bridgehead atoms. The number of unbranched alkanes of at least 4 members (excludes halogenated alkanes) is 44. The van der Waals surface area contributed by atoms with Gasteiger partial charge in [0.25, 0.3) is 0 Å². The van der Waals surface area contributed by atoms with Crippen LogP contribution in [0.4, 0.5) is 0 Å². The molecule has 2 aliphatic heterocycles. The van der Waals surface area contributed by atoms with E-state index in [4.69, 9.17) is 18.9 Å². The van der Waals surface area contributed by atoms with Gasteiger partial charge in [0.05, 0.1) is 32.0 Å². The van der Waals surface area contributed by atoms with Crippen LogP contribution in [0.5, 0.6) is 0 Å². The highest BCUT2D eigenvalue weighted by molar-refractivity contribution is 5.76. The molecule has 2 aliphatic rings. The molecular formula is C76H141NO13. The summed E-state index contributed by atoms with van der Waals surface area (Å²) < 4.78 is 22.9. The van der Waals surface area contributed by atoms with Crippen molar-refractivity contribution in [3.63, 3.8) is 0 Å². The maximum Gasteiger partial charge on any atom is 0.220 e. The lowest BCUT2D eigenvalue weighted by Crippen LogP contribution is -2.65. The van der Waals surface area contributed by atoms with Crippen LogP contribution < -0.4 is 5.32 Å². The molecule has 2 rings (SSSR count). The van der Waals surface area contributed by atoms with E-state index < -0.39 is 86.8 Å². The van der Waals surface area contributed by atoms with E-state index in [1.807, 2.05) is 6.08 Å². The van der Waals surface area contributed by atoms with E-state index >= 15 is 0 Å². The lowest BCUT2D eigenvalue weighted by molar-refractivity contribution is -0.359. The number of hydrogen-bond donors (Lipinski definition) is 9. The molecule has 0 aliphatic carbocycles. The second kappa shape index (κ2) is 60.6. The monoisotopic (exact) mass is 1280 g/mol. The van der Waals surface area contributed by atoms with Crippen LogP contribution in [0, 0.1) is 0 Å². The minimum atomic E-state index is -1.79. The van der Waals surface area contributed by atoms with Gasteiger partial charge in [0.2, 0.25) is 5.91 Å². The number of carbonyl (C=O) groups is 1. The van der Waals surface area contributed by atoms with Crippen LogP contribution >= 0.6 is 0 Å². The Balaban J connectivity index is 1.62. The minimum Gasteiger partial charge on any atom is -0.394 e. The molecule has 2 saturated heterocycles. The van der Waals surface area contributed by atoms with Crippen molar-refractivity contribution >= 4 is 5.91 Å². The molecule has 0 radical (unpaired) electrons.